The van der Waals surface area contributed by atoms with E-state index in [0.717, 1.165) is 0 Å². The molecule has 0 aromatic heterocycles. The zero-order valence-corrected chi connectivity index (χ0v) is 12.0. The van der Waals surface area contributed by atoms with Crippen LogP contribution in [0.25, 0.3) is 0 Å². The Hall–Kier alpha value is -1.10. The number of rotatable bonds is 6. The van der Waals surface area contributed by atoms with Gasteiger partial charge in [-0.05, 0) is 31.6 Å². The third-order valence-corrected chi connectivity index (χ3v) is 3.71. The van der Waals surface area contributed by atoms with Crippen molar-refractivity contribution in [1.82, 2.24) is 0 Å². The second-order valence-corrected chi connectivity index (χ2v) is 5.82. The van der Waals surface area contributed by atoms with Crippen LogP contribution >= 0.6 is 0 Å². The molecule has 1 aliphatic rings. The maximum atomic E-state index is 11.8. The topological polar surface area (TPSA) is 72.8 Å². The van der Waals surface area contributed by atoms with Crippen molar-refractivity contribution in [3.63, 3.8) is 0 Å². The van der Waals surface area contributed by atoms with E-state index >= 15 is 0 Å². The van der Waals surface area contributed by atoms with Gasteiger partial charge >= 0.3 is 11.9 Å². The predicted octanol–water partition coefficient (Wildman–Crippen LogP) is 2.09. The molecule has 0 spiro atoms. The molecule has 19 heavy (non-hydrogen) atoms. The summed E-state index contributed by atoms with van der Waals surface area (Å²) in [6, 6.07) is 0. The van der Waals surface area contributed by atoms with Crippen LogP contribution in [0.2, 0.25) is 0 Å². The Bertz CT molecular complexity index is 316. The first-order valence-corrected chi connectivity index (χ1v) is 6.80. The molecule has 0 saturated heterocycles. The summed E-state index contributed by atoms with van der Waals surface area (Å²) in [5, 5.41) is 9.32. The van der Waals surface area contributed by atoms with Crippen LogP contribution in [0.5, 0.6) is 0 Å². The van der Waals surface area contributed by atoms with Crippen LogP contribution in [0.1, 0.15) is 39.5 Å². The van der Waals surface area contributed by atoms with Gasteiger partial charge in [0.15, 0.2) is 0 Å². The number of carboxylic acid groups (broad SMARTS) is 1. The number of hydrogen-bond donors (Lipinski definition) is 1. The van der Waals surface area contributed by atoms with Crippen molar-refractivity contribution in [2.45, 2.75) is 39.5 Å². The number of methoxy groups -OCH3 is 1. The van der Waals surface area contributed by atoms with Crippen molar-refractivity contribution in [3.05, 3.63) is 0 Å². The molecule has 1 rings (SSSR count). The summed E-state index contributed by atoms with van der Waals surface area (Å²) in [5.41, 5.74) is -0.830. The van der Waals surface area contributed by atoms with Crippen molar-refractivity contribution < 1.29 is 24.2 Å². The SMILES string of the molecule is COCC1(C(=O)O)CCC(C(=O)OCC(C)C)CC1. The fourth-order valence-corrected chi connectivity index (χ4v) is 2.47. The minimum Gasteiger partial charge on any atom is -0.481 e. The van der Waals surface area contributed by atoms with Gasteiger partial charge in [-0.1, -0.05) is 13.8 Å². The lowest BCUT2D eigenvalue weighted by atomic mass is 9.71. The van der Waals surface area contributed by atoms with Gasteiger partial charge in [0.25, 0.3) is 0 Å². The number of aliphatic carboxylic acids is 1. The molecule has 0 bridgehead atoms. The number of ether oxygens (including phenoxy) is 2. The highest BCUT2D eigenvalue weighted by Gasteiger charge is 2.43. The summed E-state index contributed by atoms with van der Waals surface area (Å²) in [6.07, 6.45) is 2.06. The lowest BCUT2D eigenvalue weighted by Crippen LogP contribution is -2.40. The van der Waals surface area contributed by atoms with Crippen molar-refractivity contribution in [2.75, 3.05) is 20.3 Å². The highest BCUT2D eigenvalue weighted by atomic mass is 16.5. The Balaban J connectivity index is 2.51. The summed E-state index contributed by atoms with van der Waals surface area (Å²) in [6.45, 7) is 4.61. The van der Waals surface area contributed by atoms with E-state index < -0.39 is 11.4 Å². The van der Waals surface area contributed by atoms with Crippen LogP contribution in [0, 0.1) is 17.3 Å². The normalized spacial score (nSPS) is 27.3. The molecule has 0 aliphatic heterocycles. The van der Waals surface area contributed by atoms with E-state index in [1.165, 1.54) is 7.11 Å². The number of carbonyl (C=O) groups excluding carboxylic acids is 1. The molecule has 1 N–H and O–H groups in total. The molecule has 1 fully saturated rings. The van der Waals surface area contributed by atoms with E-state index in [9.17, 15) is 14.7 Å². The lowest BCUT2D eigenvalue weighted by Gasteiger charge is -2.35. The Labute approximate surface area is 114 Å². The molecule has 0 amide bonds. The first-order valence-electron chi connectivity index (χ1n) is 6.80. The number of hydrogen-bond acceptors (Lipinski definition) is 4. The average molecular weight is 272 g/mol. The second kappa shape index (κ2) is 6.89. The molecule has 110 valence electrons. The first-order chi connectivity index (χ1) is 8.91. The summed E-state index contributed by atoms with van der Waals surface area (Å²) in [7, 11) is 1.51. The highest BCUT2D eigenvalue weighted by Crippen LogP contribution is 2.40. The molecule has 5 heteroatoms. The molecule has 0 aromatic carbocycles. The van der Waals surface area contributed by atoms with E-state index in [-0.39, 0.29) is 18.5 Å². The zero-order chi connectivity index (χ0) is 14.5. The number of carboxylic acids is 1. The first kappa shape index (κ1) is 16.0. The Kier molecular flexibility index (Phi) is 5.79. The average Bonchev–Trinajstić information content (AvgIpc) is 2.37. The molecular weight excluding hydrogens is 248 g/mol. The predicted molar refractivity (Wildman–Crippen MR) is 69.7 cm³/mol. The largest absolute Gasteiger partial charge is 0.481 e. The maximum Gasteiger partial charge on any atom is 0.311 e. The van der Waals surface area contributed by atoms with E-state index in [1.54, 1.807) is 0 Å². The summed E-state index contributed by atoms with van der Waals surface area (Å²) < 4.78 is 10.2. The van der Waals surface area contributed by atoms with Crippen LogP contribution in [0.4, 0.5) is 0 Å². The van der Waals surface area contributed by atoms with Crippen molar-refractivity contribution in [1.29, 1.82) is 0 Å². The van der Waals surface area contributed by atoms with E-state index in [1.807, 2.05) is 13.8 Å². The minimum atomic E-state index is -0.830. The monoisotopic (exact) mass is 272 g/mol. The van der Waals surface area contributed by atoms with Gasteiger partial charge < -0.3 is 14.6 Å². The smallest absolute Gasteiger partial charge is 0.311 e. The van der Waals surface area contributed by atoms with Gasteiger partial charge in [-0.3, -0.25) is 9.59 Å². The van der Waals surface area contributed by atoms with E-state index in [0.29, 0.717) is 38.2 Å². The Morgan fingerprint density at radius 1 is 1.32 bits per heavy atom. The molecule has 0 unspecified atom stereocenters. The van der Waals surface area contributed by atoms with Crippen LogP contribution in [-0.2, 0) is 19.1 Å². The van der Waals surface area contributed by atoms with Gasteiger partial charge in [0.05, 0.1) is 24.5 Å². The Morgan fingerprint density at radius 3 is 2.32 bits per heavy atom. The molecule has 5 nitrogen and oxygen atoms in total. The maximum absolute atomic E-state index is 11.8. The summed E-state index contributed by atoms with van der Waals surface area (Å²) in [4.78, 5) is 23.2. The van der Waals surface area contributed by atoms with Crippen LogP contribution in [-0.4, -0.2) is 37.4 Å². The molecule has 0 heterocycles. The third-order valence-electron chi connectivity index (χ3n) is 3.71. The minimum absolute atomic E-state index is 0.164. The fourth-order valence-electron chi connectivity index (χ4n) is 2.47. The molecule has 0 aromatic rings. The third kappa shape index (κ3) is 4.20. The number of esters is 1. The molecule has 1 aliphatic carbocycles. The van der Waals surface area contributed by atoms with Crippen molar-refractivity contribution in [3.8, 4) is 0 Å². The van der Waals surface area contributed by atoms with Crippen LogP contribution in [0.15, 0.2) is 0 Å². The van der Waals surface area contributed by atoms with Gasteiger partial charge in [-0.25, -0.2) is 0 Å². The van der Waals surface area contributed by atoms with E-state index in [2.05, 4.69) is 0 Å². The lowest BCUT2D eigenvalue weighted by molar-refractivity contribution is -0.161. The van der Waals surface area contributed by atoms with E-state index in [4.69, 9.17) is 9.47 Å². The van der Waals surface area contributed by atoms with Gasteiger partial charge in [0, 0.05) is 7.11 Å². The fraction of sp³-hybridized carbons (Fsp3) is 0.857. The van der Waals surface area contributed by atoms with Crippen molar-refractivity contribution >= 4 is 11.9 Å². The van der Waals surface area contributed by atoms with Crippen molar-refractivity contribution in [2.24, 2.45) is 17.3 Å². The molecular formula is C14H24O5. The highest BCUT2D eigenvalue weighted by molar-refractivity contribution is 5.76. The summed E-state index contributed by atoms with van der Waals surface area (Å²) >= 11 is 0. The standard InChI is InChI=1S/C14H24O5/c1-10(2)8-19-12(15)11-4-6-14(7-5-11,9-18-3)13(16)17/h10-11H,4-9H2,1-3H3,(H,16,17). The van der Waals surface area contributed by atoms with Gasteiger partial charge in [0.2, 0.25) is 0 Å². The quantitative estimate of drug-likeness (QED) is 0.749. The molecule has 1 saturated carbocycles. The van der Waals surface area contributed by atoms with Gasteiger partial charge in [-0.2, -0.15) is 0 Å². The zero-order valence-electron chi connectivity index (χ0n) is 12.0. The second-order valence-electron chi connectivity index (χ2n) is 5.82. The Morgan fingerprint density at radius 2 is 1.89 bits per heavy atom. The molecule has 0 atom stereocenters. The van der Waals surface area contributed by atoms with Crippen LogP contribution < -0.4 is 0 Å². The summed E-state index contributed by atoms with van der Waals surface area (Å²) in [5.74, 6) is -0.865. The number of carbonyl (C=O) groups is 2. The molecule has 0 radical (unpaired) electrons. The van der Waals surface area contributed by atoms with Crippen LogP contribution in [0.3, 0.4) is 0 Å². The van der Waals surface area contributed by atoms with Gasteiger partial charge in [-0.15, -0.1) is 0 Å². The van der Waals surface area contributed by atoms with Gasteiger partial charge in [0.1, 0.15) is 0 Å².